The third-order valence-corrected chi connectivity index (χ3v) is 5.64. The van der Waals surface area contributed by atoms with Gasteiger partial charge < -0.3 is 15.4 Å². The van der Waals surface area contributed by atoms with Crippen molar-refractivity contribution >= 4 is 17.8 Å². The van der Waals surface area contributed by atoms with Gasteiger partial charge in [0.2, 0.25) is 0 Å². The van der Waals surface area contributed by atoms with Crippen LogP contribution in [0.1, 0.15) is 39.0 Å². The number of hydrogen-bond donors (Lipinski definition) is 1. The Balaban J connectivity index is 1.77. The smallest absolute Gasteiger partial charge is 0.315 e. The molecule has 0 unspecified atom stereocenters. The molecule has 0 saturated heterocycles. The first-order valence-corrected chi connectivity index (χ1v) is 9.41. The Hall–Kier alpha value is -1.36. The van der Waals surface area contributed by atoms with Gasteiger partial charge in [0.05, 0.1) is 7.11 Å². The van der Waals surface area contributed by atoms with E-state index < -0.39 is 0 Å². The second-order valence-corrected chi connectivity index (χ2v) is 7.49. The van der Waals surface area contributed by atoms with Crippen LogP contribution in [0.15, 0.2) is 29.2 Å². The number of carbonyl (C=O) groups is 1. The van der Waals surface area contributed by atoms with Gasteiger partial charge in [0, 0.05) is 17.5 Å². The first-order chi connectivity index (χ1) is 11.1. The zero-order valence-electron chi connectivity index (χ0n) is 14.2. The maximum absolute atomic E-state index is 11.8. The van der Waals surface area contributed by atoms with Crippen LogP contribution in [0.3, 0.4) is 0 Å². The van der Waals surface area contributed by atoms with Crippen LogP contribution in [-0.4, -0.2) is 36.4 Å². The predicted octanol–water partition coefficient (Wildman–Crippen LogP) is 4.14. The molecule has 2 amide bonds. The molecule has 23 heavy (non-hydrogen) atoms. The van der Waals surface area contributed by atoms with Crippen LogP contribution in [-0.2, 0) is 0 Å². The van der Waals surface area contributed by atoms with E-state index in [-0.39, 0.29) is 6.03 Å². The quantitative estimate of drug-likeness (QED) is 0.601. The fourth-order valence-electron chi connectivity index (χ4n) is 3.14. The molecule has 4 nitrogen and oxygen atoms in total. The fourth-order valence-corrected chi connectivity index (χ4v) is 4.03. The van der Waals surface area contributed by atoms with Crippen LogP contribution in [0.25, 0.3) is 0 Å². The first kappa shape index (κ1) is 18.0. The topological polar surface area (TPSA) is 55.6 Å². The summed E-state index contributed by atoms with van der Waals surface area (Å²) in [4.78, 5) is 14.8. The number of rotatable bonds is 7. The fraction of sp³-hybridized carbons (Fsp3) is 0.611. The van der Waals surface area contributed by atoms with E-state index in [1.54, 1.807) is 18.9 Å². The van der Waals surface area contributed by atoms with Crippen LogP contribution >= 0.6 is 11.8 Å². The van der Waals surface area contributed by atoms with Crippen LogP contribution in [0.5, 0.6) is 5.75 Å². The average molecular weight is 337 g/mol. The van der Waals surface area contributed by atoms with Crippen LogP contribution in [0, 0.1) is 5.92 Å². The Kier molecular flexibility index (Phi) is 7.09. The number of methoxy groups -OCH3 is 1. The largest absolute Gasteiger partial charge is 0.497 e. The number of amides is 2. The van der Waals surface area contributed by atoms with Gasteiger partial charge in [0.1, 0.15) is 5.75 Å². The van der Waals surface area contributed by atoms with E-state index >= 15 is 0 Å². The Morgan fingerprint density at radius 3 is 2.74 bits per heavy atom. The minimum absolute atomic E-state index is 0.268. The Labute approximate surface area is 143 Å². The highest BCUT2D eigenvalue weighted by molar-refractivity contribution is 7.99. The van der Waals surface area contributed by atoms with Gasteiger partial charge >= 0.3 is 6.03 Å². The van der Waals surface area contributed by atoms with Crippen molar-refractivity contribution in [2.24, 2.45) is 11.7 Å². The van der Waals surface area contributed by atoms with Crippen molar-refractivity contribution in [3.63, 3.8) is 0 Å². The lowest BCUT2D eigenvalue weighted by molar-refractivity contribution is 0.153. The highest BCUT2D eigenvalue weighted by Gasteiger charge is 2.25. The molecule has 0 aliphatic heterocycles. The minimum Gasteiger partial charge on any atom is -0.497 e. The van der Waals surface area contributed by atoms with Gasteiger partial charge in [-0.1, -0.05) is 13.0 Å². The Bertz CT molecular complexity index is 502. The monoisotopic (exact) mass is 336 g/mol. The van der Waals surface area contributed by atoms with E-state index in [4.69, 9.17) is 10.5 Å². The number of urea groups is 1. The summed E-state index contributed by atoms with van der Waals surface area (Å²) in [6, 6.07) is 8.14. The number of benzene rings is 1. The third-order valence-electron chi connectivity index (χ3n) is 4.56. The molecule has 0 aromatic heterocycles. The number of hydrogen-bond acceptors (Lipinski definition) is 3. The van der Waals surface area contributed by atoms with E-state index in [0.717, 1.165) is 43.2 Å². The molecule has 0 atom stereocenters. The summed E-state index contributed by atoms with van der Waals surface area (Å²) in [5.74, 6) is 2.63. The molecule has 2 rings (SSSR count). The van der Waals surface area contributed by atoms with Crippen molar-refractivity contribution in [3.8, 4) is 5.75 Å². The lowest BCUT2D eigenvalue weighted by Gasteiger charge is -2.35. The maximum atomic E-state index is 11.8. The zero-order valence-corrected chi connectivity index (χ0v) is 15.0. The van der Waals surface area contributed by atoms with Crippen molar-refractivity contribution in [1.29, 1.82) is 0 Å². The number of carbonyl (C=O) groups excluding carboxylic acids is 1. The molecule has 1 aromatic carbocycles. The molecule has 128 valence electrons. The third kappa shape index (κ3) is 5.65. The molecule has 1 aliphatic carbocycles. The summed E-state index contributed by atoms with van der Waals surface area (Å²) in [7, 11) is 1.68. The van der Waals surface area contributed by atoms with Crippen molar-refractivity contribution in [1.82, 2.24) is 4.90 Å². The Morgan fingerprint density at radius 1 is 1.35 bits per heavy atom. The molecule has 1 fully saturated rings. The van der Waals surface area contributed by atoms with Gasteiger partial charge in [-0.2, -0.15) is 0 Å². The van der Waals surface area contributed by atoms with Crippen molar-refractivity contribution in [2.75, 3.05) is 19.4 Å². The van der Waals surface area contributed by atoms with E-state index in [2.05, 4.69) is 13.0 Å². The summed E-state index contributed by atoms with van der Waals surface area (Å²) in [5, 5.41) is 0. The van der Waals surface area contributed by atoms with Gasteiger partial charge in [-0.25, -0.2) is 4.79 Å². The minimum atomic E-state index is -0.268. The average Bonchev–Trinajstić information content (AvgIpc) is 2.56. The number of thioether (sulfide) groups is 1. The van der Waals surface area contributed by atoms with Gasteiger partial charge in [0.15, 0.2) is 0 Å². The summed E-state index contributed by atoms with van der Waals surface area (Å²) >= 11 is 1.79. The number of nitrogens with two attached hydrogens (primary N) is 1. The maximum Gasteiger partial charge on any atom is 0.315 e. The molecule has 2 N–H and O–H groups in total. The highest BCUT2D eigenvalue weighted by atomic mass is 32.2. The number of ether oxygens (including phenoxy) is 1. The van der Waals surface area contributed by atoms with Crippen LogP contribution < -0.4 is 10.5 Å². The van der Waals surface area contributed by atoms with Gasteiger partial charge in [-0.3, -0.25) is 0 Å². The SMILES string of the molecule is COc1cccc(SCCCN(C(N)=O)[C@H]2CC[C@H](C)CC2)c1. The van der Waals surface area contributed by atoms with Crippen LogP contribution in [0.4, 0.5) is 4.79 Å². The van der Waals surface area contributed by atoms with Crippen LogP contribution in [0.2, 0.25) is 0 Å². The van der Waals surface area contributed by atoms with Crippen molar-refractivity contribution in [2.45, 2.75) is 50.0 Å². The molecule has 0 heterocycles. The first-order valence-electron chi connectivity index (χ1n) is 8.43. The van der Waals surface area contributed by atoms with Gasteiger partial charge in [-0.15, -0.1) is 11.8 Å². The van der Waals surface area contributed by atoms with Gasteiger partial charge in [-0.05, 0) is 62.0 Å². The molecular formula is C18H28N2O2S. The summed E-state index contributed by atoms with van der Waals surface area (Å²) in [6.07, 6.45) is 5.54. The van der Waals surface area contributed by atoms with E-state index in [1.165, 1.54) is 17.7 Å². The normalized spacial score (nSPS) is 21.0. The summed E-state index contributed by atoms with van der Waals surface area (Å²) in [6.45, 7) is 3.04. The predicted molar refractivity (Wildman–Crippen MR) is 96.0 cm³/mol. The van der Waals surface area contributed by atoms with Gasteiger partial charge in [0.25, 0.3) is 0 Å². The molecule has 1 aromatic rings. The van der Waals surface area contributed by atoms with E-state index in [1.807, 2.05) is 23.1 Å². The molecule has 5 heteroatoms. The molecule has 1 saturated carbocycles. The lowest BCUT2D eigenvalue weighted by atomic mass is 9.86. The van der Waals surface area contributed by atoms with Crippen molar-refractivity contribution < 1.29 is 9.53 Å². The molecule has 1 aliphatic rings. The zero-order chi connectivity index (χ0) is 16.7. The standard InChI is InChI=1S/C18H28N2O2S/c1-14-7-9-15(10-8-14)20(18(19)21)11-4-12-23-17-6-3-5-16(13-17)22-2/h3,5-6,13-15H,4,7-12H2,1-2H3,(H2,19,21)/t14-,15-. The highest BCUT2D eigenvalue weighted by Crippen LogP contribution is 2.28. The molecular weight excluding hydrogens is 308 g/mol. The summed E-state index contributed by atoms with van der Waals surface area (Å²) < 4.78 is 5.24. The van der Waals surface area contributed by atoms with E-state index in [0.29, 0.717) is 6.04 Å². The van der Waals surface area contributed by atoms with E-state index in [9.17, 15) is 4.79 Å². The second-order valence-electron chi connectivity index (χ2n) is 6.33. The number of nitrogens with zero attached hydrogens (tertiary/aromatic N) is 1. The van der Waals surface area contributed by atoms with Crippen molar-refractivity contribution in [3.05, 3.63) is 24.3 Å². The summed E-state index contributed by atoms with van der Waals surface area (Å²) in [5.41, 5.74) is 5.60. The lowest BCUT2D eigenvalue weighted by Crippen LogP contribution is -2.45. The molecule has 0 spiro atoms. The Morgan fingerprint density at radius 2 is 2.09 bits per heavy atom. The molecule has 0 radical (unpaired) electrons. The second kappa shape index (κ2) is 9.06. The number of primary amides is 1. The molecule has 0 bridgehead atoms.